The van der Waals surface area contributed by atoms with Crippen LogP contribution in [0.2, 0.25) is 0 Å². The van der Waals surface area contributed by atoms with Crippen LogP contribution in [0.15, 0.2) is 48.8 Å². The summed E-state index contributed by atoms with van der Waals surface area (Å²) in [6.07, 6.45) is 3.21. The maximum atomic E-state index is 12.1. The maximum absolute atomic E-state index is 12.1. The monoisotopic (exact) mass is 349 g/mol. The maximum Gasteiger partial charge on any atom is 0.255 e. The summed E-state index contributed by atoms with van der Waals surface area (Å²) >= 11 is 0. The first-order valence-electron chi connectivity index (χ1n) is 7.29. The van der Waals surface area contributed by atoms with Gasteiger partial charge in [0.2, 0.25) is 10.0 Å². The number of benzene rings is 1. The molecular formula is C16H19N3O4S. The highest BCUT2D eigenvalue weighted by Gasteiger charge is 2.14. The first-order chi connectivity index (χ1) is 11.5. The third-order valence-corrected chi connectivity index (χ3v) is 4.55. The number of carbonyl (C=O) groups excluding carboxylic acids is 1. The number of aromatic nitrogens is 1. The molecule has 1 amide bonds. The molecule has 0 fully saturated rings. The number of amides is 1. The number of pyridine rings is 1. The van der Waals surface area contributed by atoms with Crippen LogP contribution in [-0.4, -0.2) is 38.7 Å². The van der Waals surface area contributed by atoms with Crippen molar-refractivity contribution in [2.45, 2.75) is 6.54 Å². The third-order valence-electron chi connectivity index (χ3n) is 3.23. The quantitative estimate of drug-likeness (QED) is 0.739. The van der Waals surface area contributed by atoms with Gasteiger partial charge in [0.25, 0.3) is 5.91 Å². The van der Waals surface area contributed by atoms with E-state index in [1.54, 1.807) is 48.8 Å². The smallest absolute Gasteiger partial charge is 0.255 e. The predicted octanol–water partition coefficient (Wildman–Crippen LogP) is 0.940. The molecule has 1 aromatic heterocycles. The summed E-state index contributed by atoms with van der Waals surface area (Å²) in [6.45, 7) is 0.163. The fourth-order valence-corrected chi connectivity index (χ4v) is 2.90. The minimum Gasteiger partial charge on any atom is -0.496 e. The van der Waals surface area contributed by atoms with Crippen LogP contribution in [0, 0.1) is 0 Å². The highest BCUT2D eigenvalue weighted by molar-refractivity contribution is 7.89. The van der Waals surface area contributed by atoms with Gasteiger partial charge in [0, 0.05) is 25.5 Å². The molecule has 0 unspecified atom stereocenters. The topological polar surface area (TPSA) is 97.4 Å². The Morgan fingerprint density at radius 1 is 1.21 bits per heavy atom. The van der Waals surface area contributed by atoms with E-state index in [1.165, 1.54) is 7.11 Å². The Hall–Kier alpha value is -2.45. The average molecular weight is 349 g/mol. The number of sulfonamides is 1. The molecule has 0 spiro atoms. The second kappa shape index (κ2) is 8.42. The summed E-state index contributed by atoms with van der Waals surface area (Å²) in [6, 6.07) is 10.3. The normalized spacial score (nSPS) is 11.0. The van der Waals surface area contributed by atoms with Crippen molar-refractivity contribution < 1.29 is 17.9 Å². The molecule has 0 radical (unpaired) electrons. The molecule has 0 aliphatic rings. The molecule has 0 atom stereocenters. The highest BCUT2D eigenvalue weighted by atomic mass is 32.2. The first-order valence-corrected chi connectivity index (χ1v) is 8.94. The molecule has 0 saturated carbocycles. The van der Waals surface area contributed by atoms with Gasteiger partial charge in [-0.25, -0.2) is 13.1 Å². The van der Waals surface area contributed by atoms with Crippen LogP contribution in [0.5, 0.6) is 5.75 Å². The number of ether oxygens (including phenoxy) is 1. The minimum atomic E-state index is -3.50. The van der Waals surface area contributed by atoms with Crippen LogP contribution >= 0.6 is 0 Å². The van der Waals surface area contributed by atoms with E-state index < -0.39 is 10.0 Å². The van der Waals surface area contributed by atoms with Crippen molar-refractivity contribution in [2.24, 2.45) is 0 Å². The zero-order valence-corrected chi connectivity index (χ0v) is 14.0. The Labute approximate surface area is 141 Å². The van der Waals surface area contributed by atoms with Crippen molar-refractivity contribution in [3.63, 3.8) is 0 Å². The van der Waals surface area contributed by atoms with Gasteiger partial charge in [-0.3, -0.25) is 9.78 Å². The van der Waals surface area contributed by atoms with E-state index in [2.05, 4.69) is 15.0 Å². The summed E-state index contributed by atoms with van der Waals surface area (Å²) in [5.41, 5.74) is 1.12. The largest absolute Gasteiger partial charge is 0.496 e. The lowest BCUT2D eigenvalue weighted by Crippen LogP contribution is -2.34. The number of rotatable bonds is 8. The lowest BCUT2D eigenvalue weighted by molar-refractivity contribution is 0.0953. The van der Waals surface area contributed by atoms with Gasteiger partial charge in [0.1, 0.15) is 5.75 Å². The van der Waals surface area contributed by atoms with Gasteiger partial charge in [-0.2, -0.15) is 0 Å². The SMILES string of the molecule is COc1ccccc1C(=O)NCCS(=O)(=O)NCc1cccnc1. The Morgan fingerprint density at radius 3 is 2.71 bits per heavy atom. The number of nitrogens with zero attached hydrogens (tertiary/aromatic N) is 1. The van der Waals surface area contributed by atoms with Gasteiger partial charge in [-0.05, 0) is 23.8 Å². The zero-order valence-electron chi connectivity index (χ0n) is 13.2. The molecule has 0 saturated heterocycles. The molecule has 2 N–H and O–H groups in total. The number of hydrogen-bond acceptors (Lipinski definition) is 5. The number of hydrogen-bond donors (Lipinski definition) is 2. The second-order valence-electron chi connectivity index (χ2n) is 4.96. The Bertz CT molecular complexity index is 779. The summed E-state index contributed by atoms with van der Waals surface area (Å²) in [5.74, 6) is -0.156. The number of methoxy groups -OCH3 is 1. The van der Waals surface area contributed by atoms with Gasteiger partial charge in [-0.15, -0.1) is 0 Å². The fraction of sp³-hybridized carbons (Fsp3) is 0.250. The minimum absolute atomic E-state index is 0.000739. The summed E-state index contributed by atoms with van der Waals surface area (Å²) in [5, 5.41) is 2.58. The van der Waals surface area contributed by atoms with Crippen LogP contribution in [0.4, 0.5) is 0 Å². The van der Waals surface area contributed by atoms with E-state index in [4.69, 9.17) is 4.74 Å². The van der Waals surface area contributed by atoms with E-state index in [1.807, 2.05) is 0 Å². The van der Waals surface area contributed by atoms with E-state index >= 15 is 0 Å². The van der Waals surface area contributed by atoms with Crippen LogP contribution < -0.4 is 14.8 Å². The summed E-state index contributed by atoms with van der Waals surface area (Å²) in [4.78, 5) is 16.0. The van der Waals surface area contributed by atoms with E-state index in [9.17, 15) is 13.2 Å². The molecule has 0 bridgehead atoms. The third kappa shape index (κ3) is 5.32. The molecule has 24 heavy (non-hydrogen) atoms. The van der Waals surface area contributed by atoms with Gasteiger partial charge in [-0.1, -0.05) is 18.2 Å². The molecule has 128 valence electrons. The molecule has 0 aliphatic heterocycles. The fourth-order valence-electron chi connectivity index (χ4n) is 1.99. The van der Waals surface area contributed by atoms with Crippen molar-refractivity contribution in [1.29, 1.82) is 0 Å². The number of nitrogens with one attached hydrogen (secondary N) is 2. The van der Waals surface area contributed by atoms with Crippen LogP contribution in [0.3, 0.4) is 0 Å². The van der Waals surface area contributed by atoms with Crippen molar-refractivity contribution >= 4 is 15.9 Å². The number of carbonyl (C=O) groups is 1. The molecule has 2 rings (SSSR count). The first kappa shape index (κ1) is 17.9. The van der Waals surface area contributed by atoms with Crippen LogP contribution in [0.25, 0.3) is 0 Å². The van der Waals surface area contributed by atoms with Crippen molar-refractivity contribution in [3.05, 3.63) is 59.9 Å². The van der Waals surface area contributed by atoms with Crippen LogP contribution in [-0.2, 0) is 16.6 Å². The Morgan fingerprint density at radius 2 is 2.00 bits per heavy atom. The highest BCUT2D eigenvalue weighted by Crippen LogP contribution is 2.16. The summed E-state index contributed by atoms with van der Waals surface area (Å²) in [7, 11) is -2.03. The molecule has 1 aromatic carbocycles. The molecule has 1 heterocycles. The lowest BCUT2D eigenvalue weighted by atomic mass is 10.2. The summed E-state index contributed by atoms with van der Waals surface area (Å²) < 4.78 is 31.4. The van der Waals surface area contributed by atoms with Gasteiger partial charge in [0.15, 0.2) is 0 Å². The van der Waals surface area contributed by atoms with Crippen molar-refractivity contribution in [3.8, 4) is 5.75 Å². The van der Waals surface area contributed by atoms with Gasteiger partial charge < -0.3 is 10.1 Å². The van der Waals surface area contributed by atoms with Crippen molar-refractivity contribution in [2.75, 3.05) is 19.4 Å². The molecule has 0 aliphatic carbocycles. The lowest BCUT2D eigenvalue weighted by Gasteiger charge is -2.10. The van der Waals surface area contributed by atoms with Crippen LogP contribution in [0.1, 0.15) is 15.9 Å². The van der Waals surface area contributed by atoms with Gasteiger partial charge >= 0.3 is 0 Å². The molecule has 7 nitrogen and oxygen atoms in total. The van der Waals surface area contributed by atoms with Crippen molar-refractivity contribution in [1.82, 2.24) is 15.0 Å². The molecule has 2 aromatic rings. The predicted molar refractivity (Wildman–Crippen MR) is 90.2 cm³/mol. The Kier molecular flexibility index (Phi) is 6.28. The van der Waals surface area contributed by atoms with E-state index in [0.717, 1.165) is 5.56 Å². The average Bonchev–Trinajstić information content (AvgIpc) is 2.60. The standard InChI is InChI=1S/C16H19N3O4S/c1-23-15-7-3-2-6-14(15)16(20)18-9-10-24(21,22)19-12-13-5-4-8-17-11-13/h2-8,11,19H,9-10,12H2,1H3,(H,18,20). The second-order valence-corrected chi connectivity index (χ2v) is 6.88. The van der Waals surface area contributed by atoms with Gasteiger partial charge in [0.05, 0.1) is 18.4 Å². The molecule has 8 heteroatoms. The zero-order chi connectivity index (χ0) is 17.4. The molecular weight excluding hydrogens is 330 g/mol. The van der Waals surface area contributed by atoms with E-state index in [0.29, 0.717) is 11.3 Å². The Balaban J connectivity index is 1.83. The van der Waals surface area contributed by atoms with E-state index in [-0.39, 0.29) is 24.7 Å². The number of para-hydroxylation sites is 1.